The van der Waals surface area contributed by atoms with Crippen LogP contribution in [0.2, 0.25) is 0 Å². The number of primary amides is 1. The van der Waals surface area contributed by atoms with Crippen molar-refractivity contribution in [2.75, 3.05) is 6.54 Å². The van der Waals surface area contributed by atoms with Gasteiger partial charge < -0.3 is 26.6 Å². The lowest BCUT2D eigenvalue weighted by Crippen LogP contribution is -2.60. The van der Waals surface area contributed by atoms with Crippen molar-refractivity contribution >= 4 is 29.5 Å². The summed E-state index contributed by atoms with van der Waals surface area (Å²) in [4.78, 5) is 66.2. The Morgan fingerprint density at radius 2 is 1.69 bits per heavy atom. The third kappa shape index (κ3) is 5.73. The predicted octanol–water partition coefficient (Wildman–Crippen LogP) is 1.14. The summed E-state index contributed by atoms with van der Waals surface area (Å²) in [5.41, 5.74) is 5.78. The van der Waals surface area contributed by atoms with Crippen LogP contribution < -0.4 is 21.7 Å². The number of carbonyl (C=O) groups excluding carboxylic acids is 5. The number of rotatable bonds is 8. The molecule has 10 heteroatoms. The molecule has 0 aromatic heterocycles. The summed E-state index contributed by atoms with van der Waals surface area (Å²) >= 11 is 0. The fourth-order valence-corrected chi connectivity index (χ4v) is 5.66. The van der Waals surface area contributed by atoms with E-state index in [2.05, 4.69) is 16.0 Å². The largest absolute Gasteiger partial charge is 0.352 e. The topological polar surface area (TPSA) is 151 Å². The van der Waals surface area contributed by atoms with E-state index < -0.39 is 47.2 Å². The molecule has 0 radical (unpaired) electrons. The van der Waals surface area contributed by atoms with Gasteiger partial charge in [0.25, 0.3) is 5.91 Å². The van der Waals surface area contributed by atoms with Gasteiger partial charge >= 0.3 is 6.03 Å². The summed E-state index contributed by atoms with van der Waals surface area (Å²) < 4.78 is 0. The average Bonchev–Trinajstić information content (AvgIpc) is 3.32. The van der Waals surface area contributed by atoms with Crippen molar-refractivity contribution in [3.8, 4) is 0 Å². The van der Waals surface area contributed by atoms with Crippen LogP contribution in [0.25, 0.3) is 0 Å². The Bertz CT molecular complexity index is 960. The molecule has 5 N–H and O–H groups in total. The van der Waals surface area contributed by atoms with Crippen molar-refractivity contribution in [3.05, 3.63) is 11.6 Å². The second-order valence-corrected chi connectivity index (χ2v) is 11.9. The minimum absolute atomic E-state index is 0.0310. The molecule has 198 valence electrons. The number of fused-ring (bicyclic) bond motifs is 1. The minimum atomic E-state index is -1.06. The Kier molecular flexibility index (Phi) is 7.43. The summed E-state index contributed by atoms with van der Waals surface area (Å²) in [7, 11) is 0. The van der Waals surface area contributed by atoms with Gasteiger partial charge in [0.1, 0.15) is 18.1 Å². The molecule has 1 unspecified atom stereocenters. The van der Waals surface area contributed by atoms with Gasteiger partial charge in [-0.25, -0.2) is 4.79 Å². The van der Waals surface area contributed by atoms with Crippen LogP contribution in [0.5, 0.6) is 0 Å². The summed E-state index contributed by atoms with van der Waals surface area (Å²) in [5, 5.41) is 8.09. The van der Waals surface area contributed by atoms with Crippen molar-refractivity contribution in [2.45, 2.75) is 96.3 Å². The fourth-order valence-electron chi connectivity index (χ4n) is 5.66. The quantitative estimate of drug-likeness (QED) is 0.290. The van der Waals surface area contributed by atoms with Crippen LogP contribution in [-0.4, -0.2) is 65.1 Å². The van der Waals surface area contributed by atoms with E-state index >= 15 is 0 Å². The number of ketones is 1. The number of carbonyl (C=O) groups is 5. The molecule has 3 saturated carbocycles. The monoisotopic (exact) mass is 501 g/mol. The van der Waals surface area contributed by atoms with Gasteiger partial charge in [0.05, 0.1) is 0 Å². The first-order valence-electron chi connectivity index (χ1n) is 13.2. The average molecular weight is 502 g/mol. The maximum atomic E-state index is 13.7. The molecule has 5 amide bonds. The lowest BCUT2D eigenvalue weighted by atomic mass is 9.85. The zero-order valence-corrected chi connectivity index (χ0v) is 21.5. The van der Waals surface area contributed by atoms with Crippen LogP contribution in [0.1, 0.15) is 72.1 Å². The number of nitrogens with two attached hydrogens (primary N) is 1. The van der Waals surface area contributed by atoms with Crippen molar-refractivity contribution in [1.82, 2.24) is 20.9 Å². The predicted molar refractivity (Wildman–Crippen MR) is 132 cm³/mol. The molecule has 3 aliphatic carbocycles. The zero-order valence-electron chi connectivity index (χ0n) is 21.5. The van der Waals surface area contributed by atoms with E-state index in [0.29, 0.717) is 6.54 Å². The Balaban J connectivity index is 1.56. The number of nitrogens with zero attached hydrogens (tertiary/aromatic N) is 1. The first kappa shape index (κ1) is 26.2. The number of urea groups is 1. The third-order valence-electron chi connectivity index (χ3n) is 7.96. The van der Waals surface area contributed by atoms with Gasteiger partial charge in [-0.05, 0) is 62.2 Å². The second kappa shape index (κ2) is 10.2. The number of amides is 5. The van der Waals surface area contributed by atoms with Gasteiger partial charge in [-0.1, -0.05) is 38.8 Å². The van der Waals surface area contributed by atoms with E-state index in [-0.39, 0.29) is 23.8 Å². The summed E-state index contributed by atoms with van der Waals surface area (Å²) in [5.74, 6) is -2.01. The van der Waals surface area contributed by atoms with Crippen LogP contribution in [0.4, 0.5) is 4.79 Å². The number of allylic oxidation sites excluding steroid dienone is 1. The lowest BCUT2D eigenvalue weighted by Gasteiger charge is -2.36. The number of Topliss-reactive ketones (excluding diaryl/α,β-unsaturated/α-hetero) is 1. The second-order valence-electron chi connectivity index (χ2n) is 11.9. The van der Waals surface area contributed by atoms with Crippen LogP contribution in [0, 0.1) is 17.3 Å². The highest BCUT2D eigenvalue weighted by molar-refractivity contribution is 6.39. The van der Waals surface area contributed by atoms with Gasteiger partial charge in [0, 0.05) is 12.6 Å². The summed E-state index contributed by atoms with van der Waals surface area (Å²) in [6.45, 7) is 5.90. The van der Waals surface area contributed by atoms with Gasteiger partial charge in [-0.15, -0.1) is 0 Å². The fraction of sp³-hybridized carbons (Fsp3) is 0.731. The van der Waals surface area contributed by atoms with E-state index in [4.69, 9.17) is 5.73 Å². The molecule has 4 aliphatic rings. The van der Waals surface area contributed by atoms with Crippen molar-refractivity contribution in [3.63, 3.8) is 0 Å². The highest BCUT2D eigenvalue weighted by Gasteiger charge is 2.52. The SMILES string of the molecule is CC(C)(C)[C@H](NC(N)=O)C(=O)N1C[C@@H]2CCC[C@@H]2[C@H]1C(=O)NC(C=C1CCC1)C(=O)C(=O)NC1CC1. The molecule has 36 heavy (non-hydrogen) atoms. The molecule has 10 nitrogen and oxygen atoms in total. The third-order valence-corrected chi connectivity index (χ3v) is 7.96. The molecule has 0 spiro atoms. The van der Waals surface area contributed by atoms with E-state index in [0.717, 1.165) is 56.9 Å². The highest BCUT2D eigenvalue weighted by atomic mass is 16.2. The lowest BCUT2D eigenvalue weighted by molar-refractivity contribution is -0.144. The maximum absolute atomic E-state index is 13.7. The van der Waals surface area contributed by atoms with E-state index in [1.165, 1.54) is 0 Å². The van der Waals surface area contributed by atoms with Gasteiger partial charge in [0.2, 0.25) is 17.6 Å². The Morgan fingerprint density at radius 3 is 2.25 bits per heavy atom. The normalized spacial score (nSPS) is 26.8. The number of likely N-dealkylation sites (tertiary alicyclic amines) is 1. The summed E-state index contributed by atoms with van der Waals surface area (Å²) in [6, 6.07) is -3.51. The molecular formula is C26H39N5O5. The molecule has 0 aromatic rings. The van der Waals surface area contributed by atoms with Crippen LogP contribution >= 0.6 is 0 Å². The minimum Gasteiger partial charge on any atom is -0.352 e. The number of hydrogen-bond donors (Lipinski definition) is 4. The maximum Gasteiger partial charge on any atom is 0.312 e. The molecule has 1 aliphatic heterocycles. The Morgan fingerprint density at radius 1 is 1.00 bits per heavy atom. The molecule has 5 atom stereocenters. The molecule has 0 bridgehead atoms. The van der Waals surface area contributed by atoms with Gasteiger partial charge in [-0.3, -0.25) is 19.2 Å². The first-order valence-corrected chi connectivity index (χ1v) is 13.2. The van der Waals surface area contributed by atoms with E-state index in [1.54, 1.807) is 11.0 Å². The van der Waals surface area contributed by atoms with E-state index in [9.17, 15) is 24.0 Å². The first-order chi connectivity index (χ1) is 17.0. The van der Waals surface area contributed by atoms with Gasteiger partial charge in [-0.2, -0.15) is 0 Å². The van der Waals surface area contributed by atoms with Crippen LogP contribution in [0.3, 0.4) is 0 Å². The molecular weight excluding hydrogens is 462 g/mol. The number of nitrogens with one attached hydrogen (secondary N) is 3. The Hall–Kier alpha value is -2.91. The molecule has 1 heterocycles. The molecule has 1 saturated heterocycles. The van der Waals surface area contributed by atoms with E-state index in [1.807, 2.05) is 20.8 Å². The van der Waals surface area contributed by atoms with Crippen molar-refractivity contribution in [2.24, 2.45) is 23.0 Å². The van der Waals surface area contributed by atoms with Crippen molar-refractivity contribution < 1.29 is 24.0 Å². The molecule has 4 rings (SSSR count). The number of hydrogen-bond acceptors (Lipinski definition) is 5. The Labute approximate surface area is 212 Å². The highest BCUT2D eigenvalue weighted by Crippen LogP contribution is 2.43. The van der Waals surface area contributed by atoms with Crippen molar-refractivity contribution in [1.29, 1.82) is 0 Å². The zero-order chi connectivity index (χ0) is 26.2. The molecule has 0 aromatic carbocycles. The standard InChI is InChI=1S/C26H39N5O5/c1-26(2,3)21(30-25(27)36)24(35)31-13-15-8-5-9-17(15)19(31)22(33)29-18(12-14-6-4-7-14)20(32)23(34)28-16-10-11-16/h12,15-19,21H,4-11,13H2,1-3H3,(H,28,34)(H,29,33)(H3,27,30,36)/t15-,17-,18?,19-,21+/m0/s1. The molecule has 4 fully saturated rings. The smallest absolute Gasteiger partial charge is 0.312 e. The van der Waals surface area contributed by atoms with Gasteiger partial charge in [0.15, 0.2) is 0 Å². The van der Waals surface area contributed by atoms with Crippen LogP contribution in [0.15, 0.2) is 11.6 Å². The summed E-state index contributed by atoms with van der Waals surface area (Å²) in [6.07, 6.45) is 8.81. The van der Waals surface area contributed by atoms with Crippen LogP contribution in [-0.2, 0) is 19.2 Å².